The predicted octanol–water partition coefficient (Wildman–Crippen LogP) is 16.6. The molecule has 0 atom stereocenters. The second-order valence-electron chi connectivity index (χ2n) is 16.9. The first-order chi connectivity index (χ1) is 29.3. The van der Waals surface area contributed by atoms with Crippen molar-refractivity contribution in [2.45, 2.75) is 130 Å². The minimum atomic E-state index is 0.000399. The van der Waals surface area contributed by atoms with Crippen LogP contribution in [0.2, 0.25) is 0 Å². The van der Waals surface area contributed by atoms with Crippen molar-refractivity contribution in [3.8, 4) is 30.6 Å². The molecule has 0 bridgehead atoms. The number of hydrogen-bond donors (Lipinski definition) is 0. The third-order valence-corrected chi connectivity index (χ3v) is 16.8. The Balaban J connectivity index is 1.06. The van der Waals surface area contributed by atoms with Gasteiger partial charge in [-0.05, 0) is 97.1 Å². The molecular formula is C52H60N2O2S4. The lowest BCUT2D eigenvalue weighted by Gasteiger charge is -2.17. The summed E-state index contributed by atoms with van der Waals surface area (Å²) in [4.78, 5) is 42.6. The van der Waals surface area contributed by atoms with Crippen molar-refractivity contribution in [3.05, 3.63) is 92.3 Å². The topological polar surface area (TPSA) is 40.6 Å². The Hall–Kier alpha value is -3.82. The van der Waals surface area contributed by atoms with Crippen LogP contribution in [0.4, 0.5) is 11.4 Å². The molecule has 314 valence electrons. The minimum absolute atomic E-state index is 0.000399. The SMILES string of the molecule is CCCCCCCCCCN1C(=O)/C(=C2/C(=O)N(CCCCCCCCCC)c3cc(-c4ccc(-c5ccc6cc(-c7ccc(C)s7)ccc6c5)s4)sc32)c2sc(C)cc21. The molecule has 2 aliphatic heterocycles. The zero-order valence-corrected chi connectivity index (χ0v) is 39.3. The number of fused-ring (bicyclic) bond motifs is 3. The number of thiophene rings is 4. The standard InChI is InChI=1S/C52H60N2O2S4/c1-5-7-9-11-13-15-17-19-29-53-41-31-36(4)58-49(41)47(51(53)55)48-50-42(54(52(48)56)30-20-18-16-14-12-10-8-6-2)34-46(60-50)45-28-27-44(59-45)40-25-23-37-32-39(24-22-38(37)33-40)43-26-21-35(3)57-43/h21-28,31-34H,5-20,29-30H2,1-4H3/b48-47+. The number of hydrogen-bond acceptors (Lipinski definition) is 6. The maximum Gasteiger partial charge on any atom is 0.260 e. The summed E-state index contributed by atoms with van der Waals surface area (Å²) in [6.07, 6.45) is 19.5. The highest BCUT2D eigenvalue weighted by atomic mass is 32.1. The largest absolute Gasteiger partial charge is 0.307 e. The molecule has 4 nitrogen and oxygen atoms in total. The Labute approximate surface area is 374 Å². The lowest BCUT2D eigenvalue weighted by molar-refractivity contribution is -0.114. The van der Waals surface area contributed by atoms with Gasteiger partial charge in [0.05, 0.1) is 32.3 Å². The van der Waals surface area contributed by atoms with Crippen LogP contribution < -0.4 is 9.80 Å². The van der Waals surface area contributed by atoms with Gasteiger partial charge in [0.2, 0.25) is 0 Å². The van der Waals surface area contributed by atoms with Gasteiger partial charge >= 0.3 is 0 Å². The van der Waals surface area contributed by atoms with Crippen LogP contribution in [0.15, 0.2) is 72.8 Å². The van der Waals surface area contributed by atoms with E-state index in [9.17, 15) is 9.59 Å². The molecule has 2 aromatic carbocycles. The summed E-state index contributed by atoms with van der Waals surface area (Å²) in [6, 6.07) is 26.9. The molecule has 4 aromatic heterocycles. The van der Waals surface area contributed by atoms with Crippen LogP contribution in [0, 0.1) is 13.8 Å². The van der Waals surface area contributed by atoms with E-state index in [1.807, 2.05) is 21.1 Å². The first-order valence-electron chi connectivity index (χ1n) is 22.7. The number of anilines is 2. The van der Waals surface area contributed by atoms with Gasteiger partial charge < -0.3 is 9.80 Å². The summed E-state index contributed by atoms with van der Waals surface area (Å²) in [5.41, 5.74) is 5.70. The second kappa shape index (κ2) is 19.9. The average Bonchev–Trinajstić information content (AvgIpc) is 4.11. The summed E-state index contributed by atoms with van der Waals surface area (Å²) in [5, 5.41) is 2.49. The molecule has 8 rings (SSSR count). The van der Waals surface area contributed by atoms with Gasteiger partial charge in [-0.1, -0.05) is 128 Å². The number of nitrogens with zero attached hydrogens (tertiary/aromatic N) is 2. The van der Waals surface area contributed by atoms with Crippen LogP contribution in [-0.4, -0.2) is 24.9 Å². The van der Waals surface area contributed by atoms with Crippen LogP contribution in [0.1, 0.15) is 136 Å². The monoisotopic (exact) mass is 872 g/mol. The first kappa shape index (κ1) is 42.9. The Morgan fingerprint density at radius 3 is 1.42 bits per heavy atom. The van der Waals surface area contributed by atoms with Crippen LogP contribution in [0.25, 0.3) is 52.6 Å². The number of carbonyl (C=O) groups is 2. The maximum atomic E-state index is 14.7. The third kappa shape index (κ3) is 9.33. The molecule has 0 N–H and O–H groups in total. The van der Waals surface area contributed by atoms with E-state index < -0.39 is 0 Å². The Kier molecular flexibility index (Phi) is 14.2. The normalized spacial score (nSPS) is 15.0. The van der Waals surface area contributed by atoms with Crippen molar-refractivity contribution in [3.63, 3.8) is 0 Å². The maximum absolute atomic E-state index is 14.7. The molecule has 60 heavy (non-hydrogen) atoms. The number of rotatable bonds is 21. The quantitative estimate of drug-likeness (QED) is 0.0534. The zero-order valence-electron chi connectivity index (χ0n) is 36.0. The molecule has 2 amide bonds. The van der Waals surface area contributed by atoms with E-state index in [0.29, 0.717) is 24.2 Å². The molecule has 0 saturated carbocycles. The number of aryl methyl sites for hydroxylation is 2. The lowest BCUT2D eigenvalue weighted by atomic mass is 10.0. The van der Waals surface area contributed by atoms with E-state index in [-0.39, 0.29) is 11.8 Å². The fraction of sp³-hybridized carbons (Fsp3) is 0.423. The van der Waals surface area contributed by atoms with E-state index in [1.165, 1.54) is 123 Å². The molecule has 0 spiro atoms. The van der Waals surface area contributed by atoms with Gasteiger partial charge in [0.15, 0.2) is 0 Å². The van der Waals surface area contributed by atoms with Crippen LogP contribution in [0.5, 0.6) is 0 Å². The number of amides is 2. The third-order valence-electron chi connectivity index (χ3n) is 12.2. The molecule has 8 heteroatoms. The highest BCUT2D eigenvalue weighted by Crippen LogP contribution is 2.54. The Bertz CT molecular complexity index is 2480. The van der Waals surface area contributed by atoms with E-state index in [2.05, 4.69) is 100 Å². The fourth-order valence-corrected chi connectivity index (χ4v) is 13.1. The smallest absolute Gasteiger partial charge is 0.260 e. The number of carbonyl (C=O) groups excluding carboxylic acids is 2. The average molecular weight is 873 g/mol. The first-order valence-corrected chi connectivity index (χ1v) is 26.0. The number of benzene rings is 2. The van der Waals surface area contributed by atoms with Gasteiger partial charge in [-0.3, -0.25) is 9.59 Å². The molecule has 0 fully saturated rings. The van der Waals surface area contributed by atoms with Crippen LogP contribution >= 0.6 is 45.3 Å². The minimum Gasteiger partial charge on any atom is -0.307 e. The van der Waals surface area contributed by atoms with Crippen LogP contribution in [-0.2, 0) is 9.59 Å². The van der Waals surface area contributed by atoms with Gasteiger partial charge in [0, 0.05) is 42.4 Å². The van der Waals surface area contributed by atoms with E-state index >= 15 is 0 Å². The Morgan fingerprint density at radius 1 is 0.417 bits per heavy atom. The van der Waals surface area contributed by atoms with Crippen molar-refractivity contribution in [1.82, 2.24) is 0 Å². The van der Waals surface area contributed by atoms with Crippen molar-refractivity contribution < 1.29 is 9.59 Å². The summed E-state index contributed by atoms with van der Waals surface area (Å²) >= 11 is 7.00. The van der Waals surface area contributed by atoms with Gasteiger partial charge in [-0.15, -0.1) is 45.3 Å². The second-order valence-corrected chi connectivity index (χ2v) is 21.5. The van der Waals surface area contributed by atoms with Crippen molar-refractivity contribution in [2.75, 3.05) is 22.9 Å². The molecule has 0 saturated heterocycles. The molecule has 0 aliphatic carbocycles. The van der Waals surface area contributed by atoms with E-state index in [1.54, 1.807) is 34.0 Å². The highest BCUT2D eigenvalue weighted by molar-refractivity contribution is 7.25. The number of unbranched alkanes of at least 4 members (excludes halogenated alkanes) is 14. The summed E-state index contributed by atoms with van der Waals surface area (Å²) < 4.78 is 0. The molecule has 6 heterocycles. The summed E-state index contributed by atoms with van der Waals surface area (Å²) in [5.74, 6) is 0.00476. The van der Waals surface area contributed by atoms with Crippen molar-refractivity contribution in [2.24, 2.45) is 0 Å². The molecular weight excluding hydrogens is 813 g/mol. The lowest BCUT2D eigenvalue weighted by Crippen LogP contribution is -2.30. The highest BCUT2D eigenvalue weighted by Gasteiger charge is 2.44. The fourth-order valence-electron chi connectivity index (χ4n) is 8.91. The van der Waals surface area contributed by atoms with Crippen molar-refractivity contribution >= 4 is 90.5 Å². The molecule has 0 radical (unpaired) electrons. The van der Waals surface area contributed by atoms with Gasteiger partial charge in [0.25, 0.3) is 11.8 Å². The summed E-state index contributed by atoms with van der Waals surface area (Å²) in [6.45, 7) is 10.2. The van der Waals surface area contributed by atoms with E-state index in [0.717, 1.165) is 51.7 Å². The van der Waals surface area contributed by atoms with Gasteiger partial charge in [-0.2, -0.15) is 0 Å². The van der Waals surface area contributed by atoms with Gasteiger partial charge in [0.1, 0.15) is 0 Å². The molecule has 0 unspecified atom stereocenters. The predicted molar refractivity (Wildman–Crippen MR) is 264 cm³/mol. The van der Waals surface area contributed by atoms with Crippen molar-refractivity contribution in [1.29, 1.82) is 0 Å². The molecule has 2 aliphatic rings. The van der Waals surface area contributed by atoms with Crippen LogP contribution in [0.3, 0.4) is 0 Å². The van der Waals surface area contributed by atoms with Gasteiger partial charge in [-0.25, -0.2) is 0 Å². The molecule has 6 aromatic rings. The van der Waals surface area contributed by atoms with E-state index in [4.69, 9.17) is 0 Å². The Morgan fingerprint density at radius 2 is 0.883 bits per heavy atom. The zero-order chi connectivity index (χ0) is 41.6. The summed E-state index contributed by atoms with van der Waals surface area (Å²) in [7, 11) is 0.